The van der Waals surface area contributed by atoms with Crippen LogP contribution >= 0.6 is 0 Å². The van der Waals surface area contributed by atoms with E-state index in [0.717, 1.165) is 11.0 Å². The number of piperazine rings is 1. The van der Waals surface area contributed by atoms with Gasteiger partial charge in [0.2, 0.25) is 21.8 Å². The van der Waals surface area contributed by atoms with E-state index in [0.29, 0.717) is 26.2 Å². The van der Waals surface area contributed by atoms with Crippen molar-refractivity contribution in [2.75, 3.05) is 26.2 Å². The average Bonchev–Trinajstić information content (AvgIpc) is 2.70. The van der Waals surface area contributed by atoms with Gasteiger partial charge in [-0.3, -0.25) is 9.59 Å². The molecule has 0 spiro atoms. The number of amides is 2. The van der Waals surface area contributed by atoms with Crippen LogP contribution in [0.1, 0.15) is 33.3 Å². The van der Waals surface area contributed by atoms with E-state index in [-0.39, 0.29) is 23.7 Å². The summed E-state index contributed by atoms with van der Waals surface area (Å²) in [4.78, 5) is 28.5. The number of carbonyl (C=O) groups excluding carboxylic acids is 2. The first-order chi connectivity index (χ1) is 13.6. The highest BCUT2D eigenvalue weighted by Gasteiger charge is 2.33. The Bertz CT molecular complexity index is 827. The summed E-state index contributed by atoms with van der Waals surface area (Å²) in [7, 11) is -3.79. The van der Waals surface area contributed by atoms with Crippen LogP contribution in [0.4, 0.5) is 0 Å². The molecule has 1 saturated heterocycles. The molecule has 1 aliphatic rings. The van der Waals surface area contributed by atoms with E-state index in [1.807, 2.05) is 45.9 Å². The molecule has 1 atom stereocenters. The minimum Gasteiger partial charge on any atom is -0.339 e. The predicted molar refractivity (Wildman–Crippen MR) is 114 cm³/mol. The number of rotatable bonds is 7. The molecule has 1 aromatic carbocycles. The SMILES string of the molecule is CC(C)C(=O)N1CCN(C(=O)[C@@H](NS(=O)(=O)/C=C/c2ccccc2)C(C)C)CC1. The predicted octanol–water partition coefficient (Wildman–Crippen LogP) is 1.93. The fourth-order valence-electron chi connectivity index (χ4n) is 3.13. The van der Waals surface area contributed by atoms with Crippen molar-refractivity contribution in [3.63, 3.8) is 0 Å². The number of nitrogens with zero attached hydrogens (tertiary/aromatic N) is 2. The lowest BCUT2D eigenvalue weighted by Gasteiger charge is -2.37. The molecule has 0 unspecified atom stereocenters. The number of benzene rings is 1. The Labute approximate surface area is 173 Å². The molecule has 1 fully saturated rings. The lowest BCUT2D eigenvalue weighted by atomic mass is 10.0. The maximum atomic E-state index is 13.0. The van der Waals surface area contributed by atoms with E-state index in [9.17, 15) is 18.0 Å². The first-order valence-corrected chi connectivity index (χ1v) is 11.5. The third-order valence-electron chi connectivity index (χ3n) is 4.86. The standard InChI is InChI=1S/C21H31N3O4S/c1-16(2)19(22-29(27,28)15-10-18-8-6-5-7-9-18)21(26)24-13-11-23(12-14-24)20(25)17(3)4/h5-10,15-17,19,22H,11-14H2,1-4H3/b15-10+/t19-/m0/s1. The van der Waals surface area contributed by atoms with Crippen LogP contribution in [0, 0.1) is 11.8 Å². The van der Waals surface area contributed by atoms with Crippen molar-refractivity contribution in [1.82, 2.24) is 14.5 Å². The van der Waals surface area contributed by atoms with Crippen LogP contribution in [0.15, 0.2) is 35.7 Å². The van der Waals surface area contributed by atoms with Crippen molar-refractivity contribution in [2.45, 2.75) is 33.7 Å². The van der Waals surface area contributed by atoms with Crippen molar-refractivity contribution < 1.29 is 18.0 Å². The van der Waals surface area contributed by atoms with E-state index >= 15 is 0 Å². The Hall–Kier alpha value is -2.19. The average molecular weight is 422 g/mol. The van der Waals surface area contributed by atoms with Crippen LogP contribution in [0.25, 0.3) is 6.08 Å². The molecular formula is C21H31N3O4S. The van der Waals surface area contributed by atoms with Gasteiger partial charge >= 0.3 is 0 Å². The Kier molecular flexibility index (Phi) is 7.98. The number of hydrogen-bond acceptors (Lipinski definition) is 4. The Morgan fingerprint density at radius 2 is 1.45 bits per heavy atom. The molecule has 7 nitrogen and oxygen atoms in total. The molecule has 1 heterocycles. The monoisotopic (exact) mass is 421 g/mol. The third kappa shape index (κ3) is 6.68. The fourth-order valence-corrected chi connectivity index (χ4v) is 4.27. The van der Waals surface area contributed by atoms with Gasteiger partial charge in [-0.1, -0.05) is 58.0 Å². The van der Waals surface area contributed by atoms with E-state index in [1.54, 1.807) is 21.9 Å². The van der Waals surface area contributed by atoms with E-state index < -0.39 is 16.1 Å². The van der Waals surface area contributed by atoms with Gasteiger partial charge in [0, 0.05) is 37.5 Å². The lowest BCUT2D eigenvalue weighted by molar-refractivity contribution is -0.142. The summed E-state index contributed by atoms with van der Waals surface area (Å²) in [6, 6.07) is 8.25. The third-order valence-corrected chi connectivity index (χ3v) is 5.94. The minimum atomic E-state index is -3.79. The molecule has 1 N–H and O–H groups in total. The van der Waals surface area contributed by atoms with Crippen molar-refractivity contribution >= 4 is 27.9 Å². The second-order valence-electron chi connectivity index (χ2n) is 7.90. The molecule has 0 aromatic heterocycles. The normalized spacial score (nSPS) is 16.6. The zero-order chi connectivity index (χ0) is 21.6. The smallest absolute Gasteiger partial charge is 0.241 e. The van der Waals surface area contributed by atoms with Crippen molar-refractivity contribution in [3.8, 4) is 0 Å². The van der Waals surface area contributed by atoms with E-state index in [2.05, 4.69) is 4.72 Å². The summed E-state index contributed by atoms with van der Waals surface area (Å²) < 4.78 is 27.5. The largest absolute Gasteiger partial charge is 0.339 e. The van der Waals surface area contributed by atoms with Gasteiger partial charge in [-0.15, -0.1) is 0 Å². The van der Waals surface area contributed by atoms with Crippen LogP contribution in [0.3, 0.4) is 0 Å². The maximum absolute atomic E-state index is 13.0. The zero-order valence-electron chi connectivity index (χ0n) is 17.5. The summed E-state index contributed by atoms with van der Waals surface area (Å²) in [5.74, 6) is -0.473. The summed E-state index contributed by atoms with van der Waals surface area (Å²) in [5.41, 5.74) is 0.760. The molecular weight excluding hydrogens is 390 g/mol. The Morgan fingerprint density at radius 3 is 1.93 bits per heavy atom. The zero-order valence-corrected chi connectivity index (χ0v) is 18.4. The van der Waals surface area contributed by atoms with Gasteiger partial charge in [0.05, 0.1) is 0 Å². The van der Waals surface area contributed by atoms with Gasteiger partial charge in [-0.05, 0) is 17.6 Å². The van der Waals surface area contributed by atoms with Crippen molar-refractivity contribution in [1.29, 1.82) is 0 Å². The van der Waals surface area contributed by atoms with Crippen LogP contribution in [0.2, 0.25) is 0 Å². The summed E-state index contributed by atoms with van der Waals surface area (Å²) >= 11 is 0. The molecule has 8 heteroatoms. The first kappa shape index (κ1) is 23.1. The van der Waals surface area contributed by atoms with Gasteiger partial charge in [-0.2, -0.15) is 4.72 Å². The van der Waals surface area contributed by atoms with Crippen LogP contribution < -0.4 is 4.72 Å². The molecule has 29 heavy (non-hydrogen) atoms. The Balaban J connectivity index is 2.03. The van der Waals surface area contributed by atoms with Gasteiger partial charge in [-0.25, -0.2) is 8.42 Å². The second kappa shape index (κ2) is 10.0. The fraction of sp³-hybridized carbons (Fsp3) is 0.524. The molecule has 1 aromatic rings. The van der Waals surface area contributed by atoms with Crippen LogP contribution in [-0.4, -0.2) is 62.3 Å². The number of carbonyl (C=O) groups is 2. The molecule has 160 valence electrons. The van der Waals surface area contributed by atoms with Crippen molar-refractivity contribution in [3.05, 3.63) is 41.3 Å². The van der Waals surface area contributed by atoms with Crippen LogP contribution in [-0.2, 0) is 19.6 Å². The first-order valence-electron chi connectivity index (χ1n) is 9.93. The molecule has 0 bridgehead atoms. The van der Waals surface area contributed by atoms with Crippen molar-refractivity contribution in [2.24, 2.45) is 11.8 Å². The summed E-state index contributed by atoms with van der Waals surface area (Å²) in [6.45, 7) is 9.07. The summed E-state index contributed by atoms with van der Waals surface area (Å²) in [6.07, 6.45) is 1.50. The summed E-state index contributed by atoms with van der Waals surface area (Å²) in [5, 5.41) is 1.09. The molecule has 0 radical (unpaired) electrons. The maximum Gasteiger partial charge on any atom is 0.241 e. The lowest BCUT2D eigenvalue weighted by Crippen LogP contribution is -2.57. The molecule has 0 aliphatic carbocycles. The number of hydrogen-bond donors (Lipinski definition) is 1. The van der Waals surface area contributed by atoms with Gasteiger partial charge in [0.1, 0.15) is 6.04 Å². The topological polar surface area (TPSA) is 86.8 Å². The minimum absolute atomic E-state index is 0.0734. The molecule has 1 aliphatic heterocycles. The Morgan fingerprint density at radius 1 is 0.931 bits per heavy atom. The number of nitrogens with one attached hydrogen (secondary N) is 1. The van der Waals surface area contributed by atoms with Gasteiger partial charge in [0.25, 0.3) is 0 Å². The van der Waals surface area contributed by atoms with E-state index in [1.165, 1.54) is 6.08 Å². The number of sulfonamides is 1. The molecule has 0 saturated carbocycles. The highest BCUT2D eigenvalue weighted by atomic mass is 32.2. The second-order valence-corrected chi connectivity index (χ2v) is 9.50. The quantitative estimate of drug-likeness (QED) is 0.729. The van der Waals surface area contributed by atoms with Gasteiger partial charge < -0.3 is 9.80 Å². The highest BCUT2D eigenvalue weighted by Crippen LogP contribution is 2.13. The van der Waals surface area contributed by atoms with Gasteiger partial charge in [0.15, 0.2) is 0 Å². The van der Waals surface area contributed by atoms with Crippen LogP contribution in [0.5, 0.6) is 0 Å². The highest BCUT2D eigenvalue weighted by molar-refractivity contribution is 7.92. The van der Waals surface area contributed by atoms with E-state index in [4.69, 9.17) is 0 Å². The molecule has 2 amide bonds. The molecule has 2 rings (SSSR count).